The highest BCUT2D eigenvalue weighted by molar-refractivity contribution is 6.06. The van der Waals surface area contributed by atoms with Crippen LogP contribution in [0.15, 0.2) is 42.5 Å². The molecule has 3 amide bonds. The molecule has 0 radical (unpaired) electrons. The van der Waals surface area contributed by atoms with Crippen LogP contribution in [0, 0.1) is 24.6 Å². The Hall–Kier alpha value is -3.02. The lowest BCUT2D eigenvalue weighted by Crippen LogP contribution is -2.36. The Balaban J connectivity index is 1.57. The Kier molecular flexibility index (Phi) is 4.49. The maximum Gasteiger partial charge on any atom is 0.254 e. The second-order valence-corrected chi connectivity index (χ2v) is 7.58. The number of likely N-dealkylation sites (tertiary alicyclic amines) is 2. The Morgan fingerprint density at radius 2 is 1.71 bits per heavy atom. The summed E-state index contributed by atoms with van der Waals surface area (Å²) in [7, 11) is 1.49. The molecular formula is C22H21FN2O3. The van der Waals surface area contributed by atoms with Gasteiger partial charge in [-0.05, 0) is 42.2 Å². The molecule has 2 aromatic rings. The van der Waals surface area contributed by atoms with Crippen LogP contribution in [0.1, 0.15) is 27.0 Å². The Morgan fingerprint density at radius 3 is 2.36 bits per heavy atom. The maximum atomic E-state index is 13.9. The van der Waals surface area contributed by atoms with Gasteiger partial charge >= 0.3 is 0 Å². The summed E-state index contributed by atoms with van der Waals surface area (Å²) in [5.74, 6) is -1.78. The minimum Gasteiger partial charge on any atom is -0.337 e. The molecule has 0 bridgehead atoms. The van der Waals surface area contributed by atoms with E-state index >= 15 is 0 Å². The predicted octanol–water partition coefficient (Wildman–Crippen LogP) is 2.41. The topological polar surface area (TPSA) is 57.7 Å². The van der Waals surface area contributed by atoms with E-state index in [-0.39, 0.29) is 36.6 Å². The smallest absolute Gasteiger partial charge is 0.254 e. The fraction of sp³-hybridized carbons (Fsp3) is 0.318. The van der Waals surface area contributed by atoms with Crippen LogP contribution in [0.3, 0.4) is 0 Å². The van der Waals surface area contributed by atoms with Crippen LogP contribution in [-0.4, -0.2) is 47.7 Å². The Bertz CT molecular complexity index is 963. The van der Waals surface area contributed by atoms with Gasteiger partial charge in [-0.15, -0.1) is 0 Å². The van der Waals surface area contributed by atoms with Crippen LogP contribution in [0.5, 0.6) is 0 Å². The molecule has 2 heterocycles. The summed E-state index contributed by atoms with van der Waals surface area (Å²) in [4.78, 5) is 40.3. The lowest BCUT2D eigenvalue weighted by molar-refractivity contribution is -0.138. The summed E-state index contributed by atoms with van der Waals surface area (Å²) in [6, 6.07) is 12.3. The number of imide groups is 1. The summed E-state index contributed by atoms with van der Waals surface area (Å²) in [6.45, 7) is 2.22. The van der Waals surface area contributed by atoms with Gasteiger partial charge in [-0.25, -0.2) is 4.39 Å². The third kappa shape index (κ3) is 2.99. The molecule has 2 fully saturated rings. The minimum atomic E-state index is -0.445. The van der Waals surface area contributed by atoms with Gasteiger partial charge in [-0.1, -0.05) is 30.3 Å². The van der Waals surface area contributed by atoms with Crippen LogP contribution >= 0.6 is 0 Å². The van der Waals surface area contributed by atoms with Crippen LogP contribution in [0.25, 0.3) is 0 Å². The molecule has 5 nitrogen and oxygen atoms in total. The lowest BCUT2D eigenvalue weighted by Gasteiger charge is -2.20. The largest absolute Gasteiger partial charge is 0.337 e. The van der Waals surface area contributed by atoms with E-state index in [1.165, 1.54) is 13.1 Å². The van der Waals surface area contributed by atoms with Crippen molar-refractivity contribution in [2.24, 2.45) is 11.8 Å². The normalized spacial score (nSPS) is 21.4. The lowest BCUT2D eigenvalue weighted by atomic mass is 9.98. The number of carbonyl (C=O) groups is 3. The van der Waals surface area contributed by atoms with Gasteiger partial charge in [0.25, 0.3) is 5.91 Å². The molecule has 0 aliphatic carbocycles. The van der Waals surface area contributed by atoms with Gasteiger partial charge in [0.15, 0.2) is 0 Å². The van der Waals surface area contributed by atoms with Crippen molar-refractivity contribution in [3.8, 4) is 0 Å². The van der Waals surface area contributed by atoms with Crippen molar-refractivity contribution < 1.29 is 18.8 Å². The number of benzene rings is 2. The van der Waals surface area contributed by atoms with E-state index in [0.29, 0.717) is 17.5 Å². The summed E-state index contributed by atoms with van der Waals surface area (Å²) >= 11 is 0. The average Bonchev–Trinajstić information content (AvgIpc) is 3.21. The van der Waals surface area contributed by atoms with Crippen molar-refractivity contribution in [3.05, 3.63) is 70.5 Å². The zero-order valence-corrected chi connectivity index (χ0v) is 15.8. The first kappa shape index (κ1) is 18.3. The van der Waals surface area contributed by atoms with Crippen molar-refractivity contribution in [2.75, 3.05) is 20.1 Å². The van der Waals surface area contributed by atoms with Crippen LogP contribution in [0.2, 0.25) is 0 Å². The highest BCUT2D eigenvalue weighted by Crippen LogP contribution is 2.33. The minimum absolute atomic E-state index is 0.194. The van der Waals surface area contributed by atoms with Gasteiger partial charge < -0.3 is 4.90 Å². The summed E-state index contributed by atoms with van der Waals surface area (Å²) in [5, 5.41) is 0. The standard InChI is InChI=1S/C22H21FN2O3/c1-13-7-8-14(10-19(13)23)9-15-5-3-4-6-16(15)22(28)25-11-17-18(12-25)21(27)24(2)20(17)26/h3-8,10,17-18H,9,11-12H2,1-2H3/t17-,18+. The second-order valence-electron chi connectivity index (χ2n) is 7.58. The average molecular weight is 380 g/mol. The zero-order chi connectivity index (χ0) is 20.0. The number of hydrogen-bond acceptors (Lipinski definition) is 3. The molecule has 2 saturated heterocycles. The molecule has 0 unspecified atom stereocenters. The second kappa shape index (κ2) is 6.86. The molecule has 2 aliphatic heterocycles. The highest BCUT2D eigenvalue weighted by atomic mass is 19.1. The van der Waals surface area contributed by atoms with Crippen LogP contribution in [-0.2, 0) is 16.0 Å². The van der Waals surface area contributed by atoms with Gasteiger partial charge in [0, 0.05) is 25.7 Å². The molecule has 28 heavy (non-hydrogen) atoms. The fourth-order valence-electron chi connectivity index (χ4n) is 4.10. The molecular weight excluding hydrogens is 359 g/mol. The van der Waals surface area contributed by atoms with Gasteiger partial charge in [-0.3, -0.25) is 19.3 Å². The SMILES string of the molecule is Cc1ccc(Cc2ccccc2C(=O)N2C[C@@H]3C(=O)N(C)C(=O)[C@@H]3C2)cc1F. The van der Waals surface area contributed by atoms with E-state index in [9.17, 15) is 18.8 Å². The molecule has 6 heteroatoms. The van der Waals surface area contributed by atoms with E-state index in [0.717, 1.165) is 16.0 Å². The number of fused-ring (bicyclic) bond motifs is 1. The van der Waals surface area contributed by atoms with Gasteiger partial charge in [0.2, 0.25) is 11.8 Å². The summed E-state index contributed by atoms with van der Waals surface area (Å²) < 4.78 is 13.9. The van der Waals surface area contributed by atoms with Crippen LogP contribution < -0.4 is 0 Å². The molecule has 4 rings (SSSR count). The molecule has 2 aromatic carbocycles. The van der Waals surface area contributed by atoms with Gasteiger partial charge in [0.05, 0.1) is 11.8 Å². The maximum absolute atomic E-state index is 13.9. The van der Waals surface area contributed by atoms with E-state index < -0.39 is 11.8 Å². The summed E-state index contributed by atoms with van der Waals surface area (Å²) in [5.41, 5.74) is 2.68. The molecule has 0 aromatic heterocycles. The first-order chi connectivity index (χ1) is 13.4. The predicted molar refractivity (Wildman–Crippen MR) is 101 cm³/mol. The van der Waals surface area contributed by atoms with Crippen LogP contribution in [0.4, 0.5) is 4.39 Å². The number of rotatable bonds is 3. The molecule has 0 spiro atoms. The number of nitrogens with zero attached hydrogens (tertiary/aromatic N) is 2. The first-order valence-electron chi connectivity index (χ1n) is 9.30. The van der Waals surface area contributed by atoms with Gasteiger partial charge in [-0.2, -0.15) is 0 Å². The monoisotopic (exact) mass is 380 g/mol. The molecule has 0 N–H and O–H groups in total. The van der Waals surface area contributed by atoms with E-state index in [1.807, 2.05) is 18.2 Å². The van der Waals surface area contributed by atoms with E-state index in [2.05, 4.69) is 0 Å². The number of aryl methyl sites for hydroxylation is 1. The van der Waals surface area contributed by atoms with E-state index in [1.54, 1.807) is 30.0 Å². The number of halogens is 1. The molecule has 2 aliphatic rings. The third-order valence-corrected chi connectivity index (χ3v) is 5.78. The highest BCUT2D eigenvalue weighted by Gasteiger charge is 2.52. The number of amides is 3. The number of carbonyl (C=O) groups excluding carboxylic acids is 3. The fourth-order valence-corrected chi connectivity index (χ4v) is 4.10. The van der Waals surface area contributed by atoms with Crippen molar-refractivity contribution in [1.29, 1.82) is 0 Å². The van der Waals surface area contributed by atoms with Crippen molar-refractivity contribution in [1.82, 2.24) is 9.80 Å². The third-order valence-electron chi connectivity index (χ3n) is 5.78. The molecule has 144 valence electrons. The van der Waals surface area contributed by atoms with Crippen molar-refractivity contribution in [2.45, 2.75) is 13.3 Å². The van der Waals surface area contributed by atoms with Crippen molar-refractivity contribution in [3.63, 3.8) is 0 Å². The van der Waals surface area contributed by atoms with Gasteiger partial charge in [0.1, 0.15) is 5.82 Å². The quantitative estimate of drug-likeness (QED) is 0.769. The molecule has 0 saturated carbocycles. The Morgan fingerprint density at radius 1 is 1.07 bits per heavy atom. The van der Waals surface area contributed by atoms with Crippen molar-refractivity contribution >= 4 is 17.7 Å². The molecule has 2 atom stereocenters. The zero-order valence-electron chi connectivity index (χ0n) is 15.8. The Labute approximate surface area is 162 Å². The number of hydrogen-bond donors (Lipinski definition) is 0. The first-order valence-corrected chi connectivity index (χ1v) is 9.30. The van der Waals surface area contributed by atoms with E-state index in [4.69, 9.17) is 0 Å². The summed E-state index contributed by atoms with van der Waals surface area (Å²) in [6.07, 6.45) is 0.431.